The number of carbonyl (C=O) groups excluding carboxylic acids is 1. The second-order valence-corrected chi connectivity index (χ2v) is 6.82. The minimum atomic E-state index is -1.75. The largest absolute Gasteiger partial charge is 0.507 e. The number of carboxylic acid groups (broad SMARTS) is 1. The van der Waals surface area contributed by atoms with Gasteiger partial charge in [0.2, 0.25) is 5.91 Å². The summed E-state index contributed by atoms with van der Waals surface area (Å²) in [7, 11) is 0.106. The monoisotopic (exact) mass is 400 g/mol. The Morgan fingerprint density at radius 3 is 2.31 bits per heavy atom. The molecule has 0 radical (unpaired) electrons. The Balaban J connectivity index is 1.96. The molecular weight excluding hydrogens is 375 g/mol. The molecule has 0 saturated heterocycles. The molecule has 1 atom stereocenters. The van der Waals surface area contributed by atoms with Crippen LogP contribution in [-0.4, -0.2) is 52.8 Å². The van der Waals surface area contributed by atoms with Crippen molar-refractivity contribution in [2.75, 3.05) is 13.6 Å². The number of hydrogen-bond donors (Lipinski definition) is 6. The van der Waals surface area contributed by atoms with Crippen LogP contribution in [0, 0.1) is 0 Å². The van der Waals surface area contributed by atoms with E-state index in [2.05, 4.69) is 10.6 Å². The quantitative estimate of drug-likeness (QED) is 0.320. The van der Waals surface area contributed by atoms with Crippen molar-refractivity contribution in [2.45, 2.75) is 25.2 Å². The van der Waals surface area contributed by atoms with Gasteiger partial charge in [0.05, 0.1) is 6.42 Å². The second-order valence-electron chi connectivity index (χ2n) is 6.82. The molecule has 0 aromatic heterocycles. The van der Waals surface area contributed by atoms with Gasteiger partial charge in [-0.3, -0.25) is 4.79 Å². The number of carbonyl (C=O) groups is 2. The van der Waals surface area contributed by atoms with E-state index in [1.54, 1.807) is 0 Å². The van der Waals surface area contributed by atoms with Crippen molar-refractivity contribution in [3.63, 3.8) is 0 Å². The van der Waals surface area contributed by atoms with Crippen LogP contribution in [0.4, 0.5) is 0 Å². The maximum Gasteiger partial charge on any atom is 0.456 e. The van der Waals surface area contributed by atoms with Gasteiger partial charge in [-0.05, 0) is 36.2 Å². The zero-order chi connectivity index (χ0) is 21.4. The molecule has 2 aromatic rings. The van der Waals surface area contributed by atoms with Crippen LogP contribution in [0.5, 0.6) is 5.75 Å². The predicted octanol–water partition coefficient (Wildman–Crippen LogP) is 0.554. The van der Waals surface area contributed by atoms with E-state index in [0.717, 1.165) is 17.7 Å². The van der Waals surface area contributed by atoms with Gasteiger partial charge in [0, 0.05) is 18.9 Å². The fourth-order valence-electron chi connectivity index (χ4n) is 2.97. The van der Waals surface area contributed by atoms with Crippen molar-refractivity contribution in [2.24, 2.45) is 0 Å². The number of benzene rings is 2. The molecule has 0 heterocycles. The van der Waals surface area contributed by atoms with Crippen molar-refractivity contribution < 1.29 is 29.9 Å². The van der Waals surface area contributed by atoms with Crippen molar-refractivity contribution in [1.82, 2.24) is 10.6 Å². The normalized spacial score (nSPS) is 11.7. The highest BCUT2D eigenvalue weighted by Crippen LogP contribution is 2.27. The first-order valence-electron chi connectivity index (χ1n) is 9.21. The van der Waals surface area contributed by atoms with E-state index in [1.807, 2.05) is 31.3 Å². The van der Waals surface area contributed by atoms with E-state index in [-0.39, 0.29) is 36.4 Å². The highest BCUT2D eigenvalue weighted by Gasteiger charge is 2.26. The number of rotatable bonds is 10. The van der Waals surface area contributed by atoms with Gasteiger partial charge in [-0.15, -0.1) is 0 Å². The third-order valence-electron chi connectivity index (χ3n) is 4.58. The maximum absolute atomic E-state index is 12.2. The van der Waals surface area contributed by atoms with E-state index < -0.39 is 24.7 Å². The fourth-order valence-corrected chi connectivity index (χ4v) is 2.97. The number of carboxylic acids is 1. The highest BCUT2D eigenvalue weighted by molar-refractivity contribution is 6.43. The van der Waals surface area contributed by atoms with E-state index in [9.17, 15) is 24.7 Å². The van der Waals surface area contributed by atoms with Gasteiger partial charge in [-0.1, -0.05) is 36.4 Å². The van der Waals surface area contributed by atoms with Gasteiger partial charge in [0.25, 0.3) is 0 Å². The average Bonchev–Trinajstić information content (AvgIpc) is 2.67. The van der Waals surface area contributed by atoms with E-state index in [0.29, 0.717) is 0 Å². The molecule has 0 fully saturated rings. The summed E-state index contributed by atoms with van der Waals surface area (Å²) in [6.07, 6.45) is 0.136. The summed E-state index contributed by atoms with van der Waals surface area (Å²) in [5, 5.41) is 44.1. The molecule has 8 nitrogen and oxygen atoms in total. The lowest BCUT2D eigenvalue weighted by molar-refractivity contribution is -0.120. The second kappa shape index (κ2) is 10.6. The van der Waals surface area contributed by atoms with E-state index in [4.69, 9.17) is 5.11 Å². The summed E-state index contributed by atoms with van der Waals surface area (Å²) in [4.78, 5) is 23.3. The number of phenols is 1. The molecule has 9 heteroatoms. The van der Waals surface area contributed by atoms with Gasteiger partial charge in [0.1, 0.15) is 11.3 Å². The van der Waals surface area contributed by atoms with Gasteiger partial charge >= 0.3 is 13.1 Å². The first-order valence-corrected chi connectivity index (χ1v) is 9.21. The molecular formula is C20H25BN2O6. The number of nitrogens with one attached hydrogen (secondary N) is 2. The number of aromatic carboxylic acids is 1. The Morgan fingerprint density at radius 1 is 1.07 bits per heavy atom. The lowest BCUT2D eigenvalue weighted by Crippen LogP contribution is -2.35. The standard InChI is InChI=1S/C20H25BN2O6/c1-22-11-14-7-5-13(6-8-14)9-18(24)23-12-16(21(28)29)10-15-3-2-4-17(19(15)25)20(26)27/h2-8,16,22,25,28-29H,9-12H2,1H3,(H,23,24)(H,26,27)/t16-/m1/s1. The molecule has 6 N–H and O–H groups in total. The van der Waals surface area contributed by atoms with Crippen molar-refractivity contribution in [3.05, 3.63) is 64.7 Å². The Morgan fingerprint density at radius 2 is 1.72 bits per heavy atom. The highest BCUT2D eigenvalue weighted by atomic mass is 16.4. The van der Waals surface area contributed by atoms with Crippen LogP contribution in [0.2, 0.25) is 5.82 Å². The van der Waals surface area contributed by atoms with Gasteiger partial charge in [-0.2, -0.15) is 0 Å². The van der Waals surface area contributed by atoms with Gasteiger partial charge in [0.15, 0.2) is 0 Å². The summed E-state index contributed by atoms with van der Waals surface area (Å²) >= 11 is 0. The minimum Gasteiger partial charge on any atom is -0.507 e. The Kier molecular flexibility index (Phi) is 8.20. The SMILES string of the molecule is CNCc1ccc(CC(=O)NC[C@@H](Cc2cccc(C(=O)O)c2O)B(O)O)cc1. The summed E-state index contributed by atoms with van der Waals surface area (Å²) in [6, 6.07) is 11.8. The summed E-state index contributed by atoms with van der Waals surface area (Å²) < 4.78 is 0. The molecule has 0 bridgehead atoms. The Bertz CT molecular complexity index is 841. The molecule has 0 spiro atoms. The predicted molar refractivity (Wildman–Crippen MR) is 109 cm³/mol. The molecule has 154 valence electrons. The fraction of sp³-hybridized carbons (Fsp3) is 0.300. The first-order chi connectivity index (χ1) is 13.8. The number of amides is 1. The smallest absolute Gasteiger partial charge is 0.456 e. The maximum atomic E-state index is 12.2. The van der Waals surface area contributed by atoms with Crippen molar-refractivity contribution in [1.29, 1.82) is 0 Å². The van der Waals surface area contributed by atoms with Crippen molar-refractivity contribution in [3.8, 4) is 5.75 Å². The first kappa shape index (κ1) is 22.4. The van der Waals surface area contributed by atoms with Crippen LogP contribution >= 0.6 is 0 Å². The van der Waals surface area contributed by atoms with Crippen LogP contribution in [0.3, 0.4) is 0 Å². The van der Waals surface area contributed by atoms with Crippen LogP contribution in [0.25, 0.3) is 0 Å². The molecule has 0 aliphatic heterocycles. The number of hydrogen-bond acceptors (Lipinski definition) is 6. The summed E-state index contributed by atoms with van der Waals surface area (Å²) in [5.41, 5.74) is 1.93. The molecule has 2 rings (SSSR count). The van der Waals surface area contributed by atoms with Crippen LogP contribution < -0.4 is 10.6 Å². The molecule has 0 aliphatic carbocycles. The number of para-hydroxylation sites is 1. The lowest BCUT2D eigenvalue weighted by Gasteiger charge is -2.18. The van der Waals surface area contributed by atoms with Gasteiger partial charge < -0.3 is 30.9 Å². The Labute approximate surface area is 169 Å². The van der Waals surface area contributed by atoms with Gasteiger partial charge in [-0.25, -0.2) is 4.79 Å². The minimum absolute atomic E-state index is 0.0103. The zero-order valence-corrected chi connectivity index (χ0v) is 16.1. The van der Waals surface area contributed by atoms with Crippen LogP contribution in [0.15, 0.2) is 42.5 Å². The third-order valence-corrected chi connectivity index (χ3v) is 4.58. The zero-order valence-electron chi connectivity index (χ0n) is 16.1. The molecule has 0 aliphatic rings. The topological polar surface area (TPSA) is 139 Å². The third kappa shape index (κ3) is 6.60. The summed E-state index contributed by atoms with van der Waals surface area (Å²) in [6.45, 7) is 0.698. The molecule has 29 heavy (non-hydrogen) atoms. The number of aromatic hydroxyl groups is 1. The van der Waals surface area contributed by atoms with Crippen LogP contribution in [-0.2, 0) is 24.2 Å². The summed E-state index contributed by atoms with van der Waals surface area (Å²) in [5.74, 6) is -2.79. The molecule has 1 amide bonds. The lowest BCUT2D eigenvalue weighted by atomic mass is 9.69. The average molecular weight is 400 g/mol. The van der Waals surface area contributed by atoms with Crippen LogP contribution in [0.1, 0.15) is 27.0 Å². The van der Waals surface area contributed by atoms with Crippen molar-refractivity contribution >= 4 is 19.0 Å². The Hall–Kier alpha value is -2.88. The van der Waals surface area contributed by atoms with E-state index >= 15 is 0 Å². The van der Waals surface area contributed by atoms with E-state index in [1.165, 1.54) is 18.2 Å². The molecule has 0 unspecified atom stereocenters. The molecule has 0 saturated carbocycles. The molecule has 2 aromatic carbocycles.